The zero-order valence-electron chi connectivity index (χ0n) is 12.2. The molecule has 18 heavy (non-hydrogen) atoms. The van der Waals surface area contributed by atoms with Gasteiger partial charge >= 0.3 is 0 Å². The highest BCUT2D eigenvalue weighted by Gasteiger charge is 2.10. The van der Waals surface area contributed by atoms with Crippen molar-refractivity contribution in [3.63, 3.8) is 0 Å². The van der Waals surface area contributed by atoms with E-state index >= 15 is 0 Å². The summed E-state index contributed by atoms with van der Waals surface area (Å²) in [6.07, 6.45) is 3.50. The summed E-state index contributed by atoms with van der Waals surface area (Å²) in [4.78, 5) is 2.48. The normalized spacial score (nSPS) is 10.9. The molecule has 0 aliphatic carbocycles. The molecule has 2 nitrogen and oxygen atoms in total. The van der Waals surface area contributed by atoms with Gasteiger partial charge in [0.1, 0.15) is 0 Å². The summed E-state index contributed by atoms with van der Waals surface area (Å²) < 4.78 is 0. The molecule has 0 saturated carbocycles. The lowest BCUT2D eigenvalue weighted by atomic mass is 10.0. The Morgan fingerprint density at radius 2 is 1.67 bits per heavy atom. The number of nitrogens with two attached hydrogens (primary N) is 1. The van der Waals surface area contributed by atoms with Gasteiger partial charge in [-0.25, -0.2) is 0 Å². The van der Waals surface area contributed by atoms with Crippen molar-refractivity contribution in [3.8, 4) is 0 Å². The Morgan fingerprint density at radius 1 is 1.06 bits per heavy atom. The minimum atomic E-state index is 0.727. The summed E-state index contributed by atoms with van der Waals surface area (Å²) in [7, 11) is 0. The number of nitrogens with zero attached hydrogens (tertiary/aromatic N) is 1. The number of hydrogen-bond acceptors (Lipinski definition) is 2. The summed E-state index contributed by atoms with van der Waals surface area (Å²) in [5, 5.41) is 0. The van der Waals surface area contributed by atoms with Crippen LogP contribution in [0.5, 0.6) is 0 Å². The molecular weight excluding hydrogens is 220 g/mol. The van der Waals surface area contributed by atoms with Gasteiger partial charge in [-0.1, -0.05) is 38.8 Å². The number of benzene rings is 1. The predicted octanol–water partition coefficient (Wildman–Crippen LogP) is 3.45. The molecule has 0 bridgehead atoms. The molecule has 1 aromatic carbocycles. The molecule has 102 valence electrons. The van der Waals surface area contributed by atoms with Crippen LogP contribution in [-0.2, 0) is 6.42 Å². The Bertz CT molecular complexity index is 314. The molecule has 1 rings (SSSR count). The van der Waals surface area contributed by atoms with E-state index in [0.29, 0.717) is 0 Å². The fourth-order valence-corrected chi connectivity index (χ4v) is 2.32. The molecule has 0 radical (unpaired) electrons. The second kappa shape index (κ2) is 8.15. The highest BCUT2D eigenvalue weighted by molar-refractivity contribution is 5.47. The van der Waals surface area contributed by atoms with E-state index in [9.17, 15) is 0 Å². The van der Waals surface area contributed by atoms with Gasteiger partial charge in [-0.05, 0) is 43.5 Å². The molecule has 0 aliphatic heterocycles. The Balaban J connectivity index is 2.69. The predicted molar refractivity (Wildman–Crippen MR) is 81.2 cm³/mol. The van der Waals surface area contributed by atoms with Crippen molar-refractivity contribution in [1.29, 1.82) is 0 Å². The molecule has 0 aromatic heterocycles. The number of rotatable bonds is 8. The molecule has 2 heteroatoms. The van der Waals surface area contributed by atoms with Gasteiger partial charge in [-0.15, -0.1) is 0 Å². The maximum Gasteiger partial charge on any atom is 0.0366 e. The molecule has 0 amide bonds. The van der Waals surface area contributed by atoms with Crippen LogP contribution in [0.1, 0.15) is 39.2 Å². The largest absolute Gasteiger partial charge is 0.372 e. The van der Waals surface area contributed by atoms with Crippen LogP contribution in [-0.4, -0.2) is 19.6 Å². The molecule has 0 aliphatic rings. The highest BCUT2D eigenvalue weighted by Crippen LogP contribution is 2.19. The topological polar surface area (TPSA) is 29.3 Å². The third kappa shape index (κ3) is 4.34. The van der Waals surface area contributed by atoms with Gasteiger partial charge < -0.3 is 10.6 Å². The average Bonchev–Trinajstić information content (AvgIpc) is 2.42. The molecule has 0 unspecified atom stereocenters. The molecule has 0 atom stereocenters. The fourth-order valence-electron chi connectivity index (χ4n) is 2.32. The third-order valence-electron chi connectivity index (χ3n) is 3.75. The monoisotopic (exact) mass is 248 g/mol. The Morgan fingerprint density at radius 3 is 2.11 bits per heavy atom. The molecule has 0 fully saturated rings. The molecule has 1 aromatic rings. The zero-order valence-corrected chi connectivity index (χ0v) is 12.2. The van der Waals surface area contributed by atoms with Gasteiger partial charge in [0.05, 0.1) is 0 Å². The van der Waals surface area contributed by atoms with Gasteiger partial charge in [0.15, 0.2) is 0 Å². The van der Waals surface area contributed by atoms with Crippen molar-refractivity contribution >= 4 is 5.69 Å². The van der Waals surface area contributed by atoms with Crippen molar-refractivity contribution < 1.29 is 0 Å². The summed E-state index contributed by atoms with van der Waals surface area (Å²) in [5.41, 5.74) is 8.25. The van der Waals surface area contributed by atoms with E-state index in [4.69, 9.17) is 5.73 Å². The van der Waals surface area contributed by atoms with Crippen molar-refractivity contribution in [2.24, 2.45) is 11.7 Å². The van der Waals surface area contributed by atoms with Crippen LogP contribution in [0.15, 0.2) is 24.3 Å². The van der Waals surface area contributed by atoms with Gasteiger partial charge in [-0.3, -0.25) is 0 Å². The first-order valence-electron chi connectivity index (χ1n) is 7.29. The van der Waals surface area contributed by atoms with E-state index in [1.165, 1.54) is 30.6 Å². The standard InChI is InChI=1S/C16H28N2/c1-4-14(5-2)13-18(6-3)16-9-7-15(8-10-16)11-12-17/h7-10,14H,4-6,11-13,17H2,1-3H3. The summed E-state index contributed by atoms with van der Waals surface area (Å²) in [6.45, 7) is 9.77. The van der Waals surface area contributed by atoms with Gasteiger partial charge in [0, 0.05) is 18.8 Å². The second-order valence-corrected chi connectivity index (χ2v) is 4.93. The third-order valence-corrected chi connectivity index (χ3v) is 3.75. The van der Waals surface area contributed by atoms with E-state index in [1.54, 1.807) is 0 Å². The van der Waals surface area contributed by atoms with Crippen LogP contribution in [0.25, 0.3) is 0 Å². The van der Waals surface area contributed by atoms with E-state index in [0.717, 1.165) is 25.4 Å². The van der Waals surface area contributed by atoms with Crippen molar-refractivity contribution in [3.05, 3.63) is 29.8 Å². The molecule has 0 saturated heterocycles. The van der Waals surface area contributed by atoms with E-state index < -0.39 is 0 Å². The smallest absolute Gasteiger partial charge is 0.0366 e. The minimum Gasteiger partial charge on any atom is -0.372 e. The quantitative estimate of drug-likeness (QED) is 0.763. The number of hydrogen-bond donors (Lipinski definition) is 1. The van der Waals surface area contributed by atoms with Crippen LogP contribution in [0, 0.1) is 5.92 Å². The van der Waals surface area contributed by atoms with Gasteiger partial charge in [0.2, 0.25) is 0 Å². The Labute approximate surface area is 112 Å². The van der Waals surface area contributed by atoms with Crippen molar-refractivity contribution in [2.75, 3.05) is 24.5 Å². The summed E-state index contributed by atoms with van der Waals surface area (Å²) in [6, 6.07) is 8.88. The lowest BCUT2D eigenvalue weighted by Crippen LogP contribution is -2.28. The molecule has 0 spiro atoms. The van der Waals surface area contributed by atoms with Crippen LogP contribution >= 0.6 is 0 Å². The van der Waals surface area contributed by atoms with Crippen LogP contribution < -0.4 is 10.6 Å². The summed E-state index contributed by atoms with van der Waals surface area (Å²) >= 11 is 0. The van der Waals surface area contributed by atoms with E-state index in [1.807, 2.05) is 0 Å². The van der Waals surface area contributed by atoms with E-state index in [2.05, 4.69) is 49.9 Å². The Kier molecular flexibility index (Phi) is 6.81. The van der Waals surface area contributed by atoms with Crippen LogP contribution in [0.3, 0.4) is 0 Å². The second-order valence-electron chi connectivity index (χ2n) is 4.93. The lowest BCUT2D eigenvalue weighted by Gasteiger charge is -2.27. The van der Waals surface area contributed by atoms with Crippen LogP contribution in [0.2, 0.25) is 0 Å². The van der Waals surface area contributed by atoms with Crippen molar-refractivity contribution in [2.45, 2.75) is 40.0 Å². The highest BCUT2D eigenvalue weighted by atomic mass is 15.1. The first-order chi connectivity index (χ1) is 8.74. The maximum absolute atomic E-state index is 5.58. The maximum atomic E-state index is 5.58. The Hall–Kier alpha value is -1.02. The van der Waals surface area contributed by atoms with E-state index in [-0.39, 0.29) is 0 Å². The molecule has 0 heterocycles. The van der Waals surface area contributed by atoms with Crippen LogP contribution in [0.4, 0.5) is 5.69 Å². The lowest BCUT2D eigenvalue weighted by molar-refractivity contribution is 0.486. The average molecular weight is 248 g/mol. The molecular formula is C16H28N2. The first-order valence-corrected chi connectivity index (χ1v) is 7.29. The van der Waals surface area contributed by atoms with Crippen molar-refractivity contribution in [1.82, 2.24) is 0 Å². The molecule has 2 N–H and O–H groups in total. The summed E-state index contributed by atoms with van der Waals surface area (Å²) in [5.74, 6) is 0.800. The fraction of sp³-hybridized carbons (Fsp3) is 0.625. The minimum absolute atomic E-state index is 0.727. The first kappa shape index (κ1) is 15.0. The zero-order chi connectivity index (χ0) is 13.4. The number of anilines is 1. The van der Waals surface area contributed by atoms with Gasteiger partial charge in [-0.2, -0.15) is 0 Å². The SMILES string of the molecule is CCC(CC)CN(CC)c1ccc(CCN)cc1. The van der Waals surface area contributed by atoms with Gasteiger partial charge in [0.25, 0.3) is 0 Å².